The highest BCUT2D eigenvalue weighted by molar-refractivity contribution is 5.75. The molecule has 0 unspecified atom stereocenters. The Balaban J connectivity index is 1.44. The standard InChI is InChI=1S/C32H31F5O6/c1-31(2,39)10-11-41-30-24(33)12-17(13-25(30)34)29-22-7-9-26(21(22)6-8-23(29)32(35,36)37)43-19-4-5-20-18(14-28(38)40-3)16-42-27(20)15-19/h4-6,8,12-13,15,18,26,39H,7,9-11,14,16H2,1-3H3/t18-,26-/m1/s1. The molecule has 1 aliphatic heterocycles. The molecule has 2 atom stereocenters. The van der Waals surface area contributed by atoms with Crippen LogP contribution in [0.5, 0.6) is 17.2 Å². The van der Waals surface area contributed by atoms with Crippen molar-refractivity contribution in [3.05, 3.63) is 76.4 Å². The number of aliphatic hydroxyl groups is 1. The Labute approximate surface area is 245 Å². The number of benzene rings is 3. The first-order chi connectivity index (χ1) is 20.2. The molecular weight excluding hydrogens is 575 g/mol. The lowest BCUT2D eigenvalue weighted by Crippen LogP contribution is -2.22. The van der Waals surface area contributed by atoms with Crippen LogP contribution >= 0.6 is 0 Å². The third-order valence-electron chi connectivity index (χ3n) is 7.69. The number of esters is 1. The van der Waals surface area contributed by atoms with E-state index in [0.29, 0.717) is 35.7 Å². The lowest BCUT2D eigenvalue weighted by Gasteiger charge is -2.21. The second-order valence-electron chi connectivity index (χ2n) is 11.4. The van der Waals surface area contributed by atoms with Crippen molar-refractivity contribution in [2.24, 2.45) is 0 Å². The van der Waals surface area contributed by atoms with Gasteiger partial charge < -0.3 is 24.1 Å². The van der Waals surface area contributed by atoms with Gasteiger partial charge >= 0.3 is 12.1 Å². The van der Waals surface area contributed by atoms with Crippen molar-refractivity contribution in [1.82, 2.24) is 0 Å². The number of halogens is 5. The molecule has 0 saturated heterocycles. The molecule has 11 heteroatoms. The van der Waals surface area contributed by atoms with Gasteiger partial charge in [-0.1, -0.05) is 12.1 Å². The highest BCUT2D eigenvalue weighted by Crippen LogP contribution is 2.47. The van der Waals surface area contributed by atoms with E-state index in [1.807, 2.05) is 0 Å². The Morgan fingerprint density at radius 1 is 1.05 bits per heavy atom. The maximum absolute atomic E-state index is 15.0. The number of rotatable bonds is 9. The minimum absolute atomic E-state index is 0.0872. The van der Waals surface area contributed by atoms with Crippen LogP contribution in [0.4, 0.5) is 22.0 Å². The molecule has 0 saturated carbocycles. The van der Waals surface area contributed by atoms with Crippen LogP contribution in [0.1, 0.15) is 67.4 Å². The molecule has 0 spiro atoms. The summed E-state index contributed by atoms with van der Waals surface area (Å²) in [5.74, 6) is -2.55. The molecule has 2 aliphatic rings. The molecule has 0 bridgehead atoms. The van der Waals surface area contributed by atoms with E-state index in [2.05, 4.69) is 0 Å². The van der Waals surface area contributed by atoms with Gasteiger partial charge in [-0.3, -0.25) is 4.79 Å². The molecule has 3 aromatic rings. The molecule has 0 aromatic heterocycles. The molecule has 43 heavy (non-hydrogen) atoms. The SMILES string of the molecule is COC(=O)C[C@@H]1COc2cc(O[C@@H]3CCc4c3ccc(C(F)(F)F)c4-c3cc(F)c(OCCC(C)(C)O)c(F)c3)ccc21. The van der Waals surface area contributed by atoms with Crippen molar-refractivity contribution in [3.8, 4) is 28.4 Å². The number of carbonyl (C=O) groups is 1. The van der Waals surface area contributed by atoms with Crippen LogP contribution in [0.25, 0.3) is 11.1 Å². The minimum atomic E-state index is -4.78. The molecule has 0 fully saturated rings. The fourth-order valence-electron chi connectivity index (χ4n) is 5.55. The summed E-state index contributed by atoms with van der Waals surface area (Å²) in [6, 6.07) is 9.10. The zero-order valence-electron chi connectivity index (χ0n) is 23.8. The van der Waals surface area contributed by atoms with Gasteiger partial charge in [0.15, 0.2) is 17.4 Å². The van der Waals surface area contributed by atoms with Crippen molar-refractivity contribution in [3.63, 3.8) is 0 Å². The Kier molecular flexibility index (Phi) is 8.30. The maximum Gasteiger partial charge on any atom is 0.417 e. The minimum Gasteiger partial charge on any atom is -0.492 e. The van der Waals surface area contributed by atoms with Crippen LogP contribution in [0.2, 0.25) is 0 Å². The Morgan fingerprint density at radius 2 is 1.74 bits per heavy atom. The van der Waals surface area contributed by atoms with Crippen molar-refractivity contribution >= 4 is 5.97 Å². The molecule has 1 N–H and O–H groups in total. The predicted molar refractivity (Wildman–Crippen MR) is 146 cm³/mol. The fourth-order valence-corrected chi connectivity index (χ4v) is 5.55. The van der Waals surface area contributed by atoms with Gasteiger partial charge in [-0.25, -0.2) is 8.78 Å². The zero-order chi connectivity index (χ0) is 31.1. The molecule has 230 valence electrons. The van der Waals surface area contributed by atoms with E-state index < -0.39 is 40.8 Å². The second kappa shape index (κ2) is 11.7. The highest BCUT2D eigenvalue weighted by Gasteiger charge is 2.39. The fraction of sp³-hybridized carbons (Fsp3) is 0.406. The Morgan fingerprint density at radius 3 is 2.40 bits per heavy atom. The number of methoxy groups -OCH3 is 1. The molecule has 6 nitrogen and oxygen atoms in total. The van der Waals surface area contributed by atoms with E-state index in [1.54, 1.807) is 18.2 Å². The van der Waals surface area contributed by atoms with Crippen molar-refractivity contribution in [1.29, 1.82) is 0 Å². The first-order valence-electron chi connectivity index (χ1n) is 13.8. The van der Waals surface area contributed by atoms with Gasteiger partial charge in [-0.2, -0.15) is 13.2 Å². The van der Waals surface area contributed by atoms with Gasteiger partial charge in [0.1, 0.15) is 17.6 Å². The molecular formula is C32H31F5O6. The van der Waals surface area contributed by atoms with Crippen LogP contribution < -0.4 is 14.2 Å². The molecule has 0 radical (unpaired) electrons. The summed E-state index contributed by atoms with van der Waals surface area (Å²) in [7, 11) is 1.32. The highest BCUT2D eigenvalue weighted by atomic mass is 19.4. The Hall–Kier alpha value is -3.86. The summed E-state index contributed by atoms with van der Waals surface area (Å²) in [6.07, 6.45) is -4.61. The number of alkyl halides is 3. The monoisotopic (exact) mass is 606 g/mol. The lowest BCUT2D eigenvalue weighted by atomic mass is 9.91. The number of hydrogen-bond acceptors (Lipinski definition) is 6. The molecule has 0 amide bonds. The van der Waals surface area contributed by atoms with Gasteiger partial charge in [0.2, 0.25) is 0 Å². The van der Waals surface area contributed by atoms with Crippen LogP contribution in [0, 0.1) is 11.6 Å². The van der Waals surface area contributed by atoms with Crippen molar-refractivity contribution < 1.29 is 50.8 Å². The summed E-state index contributed by atoms with van der Waals surface area (Å²) < 4.78 is 94.3. The number of ether oxygens (including phenoxy) is 4. The van der Waals surface area contributed by atoms with E-state index in [1.165, 1.54) is 27.0 Å². The average molecular weight is 607 g/mol. The van der Waals surface area contributed by atoms with Crippen LogP contribution in [0.15, 0.2) is 42.5 Å². The molecule has 5 rings (SSSR count). The van der Waals surface area contributed by atoms with Crippen LogP contribution in [0.3, 0.4) is 0 Å². The summed E-state index contributed by atoms with van der Waals surface area (Å²) in [4.78, 5) is 11.7. The average Bonchev–Trinajstić information content (AvgIpc) is 3.52. The van der Waals surface area contributed by atoms with E-state index in [4.69, 9.17) is 18.9 Å². The second-order valence-corrected chi connectivity index (χ2v) is 11.4. The van der Waals surface area contributed by atoms with Gasteiger partial charge in [0.05, 0.1) is 37.9 Å². The van der Waals surface area contributed by atoms with E-state index >= 15 is 8.78 Å². The first kappa shape index (κ1) is 30.6. The van der Waals surface area contributed by atoms with E-state index in [-0.39, 0.29) is 48.9 Å². The van der Waals surface area contributed by atoms with Crippen molar-refractivity contribution in [2.75, 3.05) is 20.3 Å². The van der Waals surface area contributed by atoms with E-state index in [9.17, 15) is 23.1 Å². The van der Waals surface area contributed by atoms with Gasteiger partial charge in [-0.05, 0) is 73.2 Å². The van der Waals surface area contributed by atoms with Crippen LogP contribution in [-0.2, 0) is 22.1 Å². The summed E-state index contributed by atoms with van der Waals surface area (Å²) in [6.45, 7) is 3.14. The first-order valence-corrected chi connectivity index (χ1v) is 13.8. The summed E-state index contributed by atoms with van der Waals surface area (Å²) in [5.41, 5.74) is -1.10. The predicted octanol–water partition coefficient (Wildman–Crippen LogP) is 7.30. The largest absolute Gasteiger partial charge is 0.492 e. The lowest BCUT2D eigenvalue weighted by molar-refractivity contribution is -0.141. The van der Waals surface area contributed by atoms with Gasteiger partial charge in [0.25, 0.3) is 0 Å². The maximum atomic E-state index is 15.0. The summed E-state index contributed by atoms with van der Waals surface area (Å²) in [5, 5.41) is 9.82. The third-order valence-corrected chi connectivity index (χ3v) is 7.69. The van der Waals surface area contributed by atoms with Crippen LogP contribution in [-0.4, -0.2) is 37.0 Å². The smallest absolute Gasteiger partial charge is 0.417 e. The molecule has 3 aromatic carbocycles. The van der Waals surface area contributed by atoms with Gasteiger partial charge in [-0.15, -0.1) is 0 Å². The van der Waals surface area contributed by atoms with E-state index in [0.717, 1.165) is 23.8 Å². The number of carbonyl (C=O) groups excluding carboxylic acids is 1. The quantitative estimate of drug-likeness (QED) is 0.204. The Bertz CT molecular complexity index is 1500. The number of fused-ring (bicyclic) bond motifs is 2. The van der Waals surface area contributed by atoms with Crippen molar-refractivity contribution in [2.45, 2.75) is 63.3 Å². The normalized spacial score (nSPS) is 17.7. The zero-order valence-corrected chi connectivity index (χ0v) is 23.8. The third kappa shape index (κ3) is 6.56. The summed E-state index contributed by atoms with van der Waals surface area (Å²) >= 11 is 0. The molecule has 1 heterocycles. The molecule has 1 aliphatic carbocycles. The number of hydrogen-bond donors (Lipinski definition) is 1. The topological polar surface area (TPSA) is 74.2 Å². The van der Waals surface area contributed by atoms with Gasteiger partial charge in [0, 0.05) is 24.0 Å².